The van der Waals surface area contributed by atoms with Crippen molar-refractivity contribution in [3.8, 4) is 0 Å². The van der Waals surface area contributed by atoms with Crippen LogP contribution in [0.25, 0.3) is 11.3 Å². The van der Waals surface area contributed by atoms with Gasteiger partial charge < -0.3 is 5.32 Å². The van der Waals surface area contributed by atoms with Crippen LogP contribution in [0, 0.1) is 0 Å². The molecule has 34 heavy (non-hydrogen) atoms. The van der Waals surface area contributed by atoms with E-state index in [-0.39, 0.29) is 11.3 Å². The summed E-state index contributed by atoms with van der Waals surface area (Å²) >= 11 is 0. The van der Waals surface area contributed by atoms with Crippen molar-refractivity contribution in [2.45, 2.75) is 25.4 Å². The number of nitrogens with zero attached hydrogens (tertiary/aromatic N) is 3. The maximum absolute atomic E-state index is 12.9. The molecule has 1 amide bonds. The van der Waals surface area contributed by atoms with Crippen molar-refractivity contribution >= 4 is 22.9 Å². The maximum Gasteiger partial charge on any atom is 0.433 e. The number of rotatable bonds is 2. The second kappa shape index (κ2) is 8.47. The van der Waals surface area contributed by atoms with Crippen molar-refractivity contribution in [3.63, 3.8) is 0 Å². The normalized spacial score (nSPS) is 20.3. The average Bonchev–Trinajstić information content (AvgIpc) is 2.76. The number of allylic oxidation sites excluding steroid dienone is 3. The molecule has 0 aliphatic carbocycles. The van der Waals surface area contributed by atoms with E-state index in [4.69, 9.17) is 0 Å². The minimum atomic E-state index is -4.60. The summed E-state index contributed by atoms with van der Waals surface area (Å²) in [6.07, 6.45) is -2.87. The van der Waals surface area contributed by atoms with E-state index >= 15 is 0 Å². The Bertz CT molecular complexity index is 1220. The fourth-order valence-corrected chi connectivity index (χ4v) is 3.38. The molecule has 3 heterocycles. The third kappa shape index (κ3) is 4.87. The Morgan fingerprint density at radius 2 is 1.59 bits per heavy atom. The van der Waals surface area contributed by atoms with Gasteiger partial charge in [-0.05, 0) is 54.5 Å². The van der Waals surface area contributed by atoms with Crippen LogP contribution in [0.15, 0.2) is 72.0 Å². The molecular weight excluding hydrogens is 462 g/mol. The molecule has 1 atom stereocenters. The number of nitrogens with one attached hydrogen (secondary N) is 1. The van der Waals surface area contributed by atoms with E-state index in [1.165, 1.54) is 24.3 Å². The number of benzene rings is 1. The molecule has 2 aliphatic heterocycles. The molecule has 1 aromatic heterocycles. The fourth-order valence-electron chi connectivity index (χ4n) is 3.38. The van der Waals surface area contributed by atoms with Crippen molar-refractivity contribution in [3.05, 3.63) is 89.3 Å². The van der Waals surface area contributed by atoms with Gasteiger partial charge in [0, 0.05) is 17.8 Å². The van der Waals surface area contributed by atoms with Gasteiger partial charge in [-0.25, -0.2) is 5.01 Å². The Balaban J connectivity index is 1.69. The highest BCUT2D eigenvalue weighted by Crippen LogP contribution is 2.32. The summed E-state index contributed by atoms with van der Waals surface area (Å²) in [5.74, 6) is -0.531. The van der Waals surface area contributed by atoms with E-state index in [2.05, 4.69) is 15.4 Å². The number of carbonyl (C=O) groups is 1. The number of halogens is 6. The zero-order valence-corrected chi connectivity index (χ0v) is 17.4. The Morgan fingerprint density at radius 1 is 0.912 bits per heavy atom. The van der Waals surface area contributed by atoms with E-state index in [9.17, 15) is 31.1 Å². The molecule has 1 N–H and O–H groups in total. The molecule has 1 unspecified atom stereocenters. The molecule has 4 rings (SSSR count). The molecule has 5 nitrogen and oxygen atoms in total. The lowest BCUT2D eigenvalue weighted by atomic mass is 10.0. The van der Waals surface area contributed by atoms with Crippen LogP contribution in [0.2, 0.25) is 0 Å². The van der Waals surface area contributed by atoms with Crippen LogP contribution in [0.1, 0.15) is 29.3 Å². The first-order valence-corrected chi connectivity index (χ1v) is 9.89. The van der Waals surface area contributed by atoms with Crippen LogP contribution < -0.4 is 5.32 Å². The summed E-state index contributed by atoms with van der Waals surface area (Å²) in [4.78, 5) is 16.2. The number of hydrogen-bond donors (Lipinski definition) is 1. The van der Waals surface area contributed by atoms with Crippen molar-refractivity contribution in [2.75, 3.05) is 0 Å². The molecule has 2 aliphatic rings. The second-order valence-corrected chi connectivity index (χ2v) is 7.53. The van der Waals surface area contributed by atoms with Crippen LogP contribution in [-0.2, 0) is 17.1 Å². The number of amides is 1. The van der Waals surface area contributed by atoms with E-state index in [1.54, 1.807) is 25.2 Å². The van der Waals surface area contributed by atoms with Gasteiger partial charge in [0.05, 0.1) is 17.0 Å². The first kappa shape index (κ1) is 23.3. The van der Waals surface area contributed by atoms with Crippen molar-refractivity contribution < 1.29 is 31.1 Å². The number of aromatic nitrogens is 1. The van der Waals surface area contributed by atoms with Crippen LogP contribution >= 0.6 is 0 Å². The third-order valence-electron chi connectivity index (χ3n) is 5.08. The quantitative estimate of drug-likeness (QED) is 0.601. The first-order chi connectivity index (χ1) is 15.9. The third-order valence-corrected chi connectivity index (χ3v) is 5.08. The summed E-state index contributed by atoms with van der Waals surface area (Å²) in [5.41, 5.74) is 0.0753. The minimum absolute atomic E-state index is 0.230. The van der Waals surface area contributed by atoms with Crippen molar-refractivity contribution in [2.24, 2.45) is 5.10 Å². The summed E-state index contributed by atoms with van der Waals surface area (Å²) in [6.45, 7) is 1.65. The van der Waals surface area contributed by atoms with E-state index in [0.717, 1.165) is 29.4 Å². The van der Waals surface area contributed by atoms with Crippen LogP contribution in [-0.4, -0.2) is 27.8 Å². The molecular formula is C23H16F6N4O. The highest BCUT2D eigenvalue weighted by molar-refractivity contribution is 6.01. The van der Waals surface area contributed by atoms with E-state index in [0.29, 0.717) is 16.8 Å². The van der Waals surface area contributed by atoms with Gasteiger partial charge in [-0.1, -0.05) is 18.2 Å². The van der Waals surface area contributed by atoms with E-state index < -0.39 is 35.7 Å². The zero-order chi connectivity index (χ0) is 24.7. The fraction of sp³-hybridized carbons (Fsp3) is 0.174. The second-order valence-electron chi connectivity index (χ2n) is 7.53. The molecule has 0 saturated carbocycles. The predicted molar refractivity (Wildman–Crippen MR) is 113 cm³/mol. The largest absolute Gasteiger partial charge is 0.433 e. The van der Waals surface area contributed by atoms with Crippen LogP contribution in [0.4, 0.5) is 26.3 Å². The Labute approximate surface area is 189 Å². The highest BCUT2D eigenvalue weighted by Gasteiger charge is 2.33. The number of pyridine rings is 1. The average molecular weight is 478 g/mol. The highest BCUT2D eigenvalue weighted by atomic mass is 19.4. The standard InChI is InChI=1S/C23H16F6N4O/c1-13-2-3-15(14-4-7-17(8-5-14)22(24,25)26)10-20-31-18(11-21(34)33(20)32-13)16-6-9-19(30-12-16)23(27,28)29/h2-12,20,31H,1H3/b3-2?,15-10-,32-13?. The summed E-state index contributed by atoms with van der Waals surface area (Å²) in [6, 6.07) is 6.55. The molecule has 2 aromatic rings. The number of alkyl halides is 6. The zero-order valence-electron chi connectivity index (χ0n) is 17.4. The SMILES string of the molecule is CC1=NN2C(=O)C=C(c3ccc(C(F)(F)F)nc3)NC2/C=C(\c2ccc(C(F)(F)F)cc2)C=C1. The van der Waals surface area contributed by atoms with Gasteiger partial charge in [-0.2, -0.15) is 31.4 Å². The first-order valence-electron chi connectivity index (χ1n) is 9.89. The van der Waals surface area contributed by atoms with Crippen LogP contribution in [0.3, 0.4) is 0 Å². The van der Waals surface area contributed by atoms with Gasteiger partial charge >= 0.3 is 12.4 Å². The molecule has 0 bridgehead atoms. The van der Waals surface area contributed by atoms with Gasteiger partial charge in [0.25, 0.3) is 5.91 Å². The molecule has 0 saturated heterocycles. The lowest BCUT2D eigenvalue weighted by Crippen LogP contribution is -2.48. The predicted octanol–water partition coefficient (Wildman–Crippen LogP) is 5.25. The number of hydrogen-bond acceptors (Lipinski definition) is 4. The van der Waals surface area contributed by atoms with Gasteiger partial charge in [0.1, 0.15) is 11.9 Å². The lowest BCUT2D eigenvalue weighted by Gasteiger charge is -2.32. The monoisotopic (exact) mass is 478 g/mol. The summed E-state index contributed by atoms with van der Waals surface area (Å²) < 4.78 is 77.2. The van der Waals surface area contributed by atoms with Gasteiger partial charge in [0.15, 0.2) is 0 Å². The van der Waals surface area contributed by atoms with E-state index in [1.807, 2.05) is 0 Å². The van der Waals surface area contributed by atoms with Gasteiger partial charge in [-0.15, -0.1) is 0 Å². The van der Waals surface area contributed by atoms with Crippen LogP contribution in [0.5, 0.6) is 0 Å². The molecule has 11 heteroatoms. The summed E-state index contributed by atoms with van der Waals surface area (Å²) in [7, 11) is 0. The molecule has 0 radical (unpaired) electrons. The van der Waals surface area contributed by atoms with Crippen molar-refractivity contribution in [1.29, 1.82) is 0 Å². The Kier molecular flexibility index (Phi) is 5.80. The van der Waals surface area contributed by atoms with Gasteiger partial charge in [0.2, 0.25) is 0 Å². The van der Waals surface area contributed by atoms with Crippen molar-refractivity contribution in [1.82, 2.24) is 15.3 Å². The molecule has 1 aromatic carbocycles. The smallest absolute Gasteiger partial charge is 0.360 e. The topological polar surface area (TPSA) is 57.6 Å². The lowest BCUT2D eigenvalue weighted by molar-refractivity contribution is -0.141. The Hall–Kier alpha value is -3.89. The summed E-state index contributed by atoms with van der Waals surface area (Å²) in [5, 5.41) is 8.41. The number of fused-ring (bicyclic) bond motifs is 1. The number of hydrazone groups is 1. The molecule has 0 fully saturated rings. The Morgan fingerprint density at radius 3 is 2.18 bits per heavy atom. The number of carbonyl (C=O) groups excluding carboxylic acids is 1. The molecule has 0 spiro atoms. The van der Waals surface area contributed by atoms with Gasteiger partial charge in [-0.3, -0.25) is 9.78 Å². The minimum Gasteiger partial charge on any atom is -0.360 e. The molecule has 176 valence electrons. The maximum atomic E-state index is 12.9.